The van der Waals surface area contributed by atoms with Crippen LogP contribution in [-0.2, 0) is 27.4 Å². The first-order valence-electron chi connectivity index (χ1n) is 12.6. The van der Waals surface area contributed by atoms with Gasteiger partial charge < -0.3 is 15.0 Å². The van der Waals surface area contributed by atoms with Crippen LogP contribution in [0.25, 0.3) is 0 Å². The quantitative estimate of drug-likeness (QED) is 0.541. The number of alkyl halides is 3. The van der Waals surface area contributed by atoms with E-state index in [2.05, 4.69) is 15.5 Å². The highest BCUT2D eigenvalue weighted by atomic mass is 19.4. The van der Waals surface area contributed by atoms with Gasteiger partial charge in [-0.15, -0.1) is 0 Å². The molecule has 0 saturated carbocycles. The zero-order chi connectivity index (χ0) is 27.7. The standard InChI is InChI=1S/C27H27F3N4O5/c28-27(29,30)23(17-3-1-16(2-4-17)14-33-9-11-39-12-10-33)32-24(36)18-5-6-20-19(13-18)15-34(26(20)38)21-7-8-22(35)31-25(21)37/h1-6,13,21,23H,7-12,14-15H2,(H,32,36)(H,31,35,37). The zero-order valence-corrected chi connectivity index (χ0v) is 20.9. The number of hydrogen-bond donors (Lipinski definition) is 2. The molecule has 3 aliphatic rings. The average molecular weight is 545 g/mol. The molecule has 0 aromatic heterocycles. The summed E-state index contributed by atoms with van der Waals surface area (Å²) in [4.78, 5) is 52.9. The lowest BCUT2D eigenvalue weighted by Gasteiger charge is -2.29. The minimum Gasteiger partial charge on any atom is -0.379 e. The number of halogens is 3. The van der Waals surface area contributed by atoms with E-state index < -0.39 is 41.9 Å². The van der Waals surface area contributed by atoms with Crippen LogP contribution in [0.15, 0.2) is 42.5 Å². The van der Waals surface area contributed by atoms with Gasteiger partial charge in [0, 0.05) is 43.7 Å². The van der Waals surface area contributed by atoms with Crippen LogP contribution in [0.4, 0.5) is 13.2 Å². The number of imide groups is 1. The predicted octanol–water partition coefficient (Wildman–Crippen LogP) is 2.31. The molecule has 12 heteroatoms. The molecule has 206 valence electrons. The highest BCUT2D eigenvalue weighted by Gasteiger charge is 2.43. The van der Waals surface area contributed by atoms with Gasteiger partial charge in [-0.05, 0) is 41.3 Å². The molecule has 3 heterocycles. The Morgan fingerprint density at radius 1 is 1.08 bits per heavy atom. The number of hydrogen-bond acceptors (Lipinski definition) is 6. The van der Waals surface area contributed by atoms with Crippen molar-refractivity contribution in [3.05, 3.63) is 70.3 Å². The van der Waals surface area contributed by atoms with E-state index in [0.29, 0.717) is 25.3 Å². The van der Waals surface area contributed by atoms with E-state index >= 15 is 0 Å². The van der Waals surface area contributed by atoms with Crippen molar-refractivity contribution in [2.75, 3.05) is 26.3 Å². The minimum atomic E-state index is -4.74. The first-order valence-corrected chi connectivity index (χ1v) is 12.6. The third-order valence-corrected chi connectivity index (χ3v) is 7.21. The van der Waals surface area contributed by atoms with E-state index in [-0.39, 0.29) is 36.1 Å². The maximum atomic E-state index is 14.0. The molecule has 3 aliphatic heterocycles. The number of fused-ring (bicyclic) bond motifs is 1. The maximum absolute atomic E-state index is 14.0. The Morgan fingerprint density at radius 2 is 1.79 bits per heavy atom. The van der Waals surface area contributed by atoms with Crippen molar-refractivity contribution in [1.29, 1.82) is 0 Å². The fraction of sp³-hybridized carbons (Fsp3) is 0.407. The van der Waals surface area contributed by atoms with Crippen LogP contribution in [0.2, 0.25) is 0 Å². The van der Waals surface area contributed by atoms with Crippen molar-refractivity contribution < 1.29 is 37.1 Å². The van der Waals surface area contributed by atoms with Crippen molar-refractivity contribution in [2.45, 2.75) is 44.2 Å². The smallest absolute Gasteiger partial charge is 0.379 e. The second-order valence-electron chi connectivity index (χ2n) is 9.85. The van der Waals surface area contributed by atoms with E-state index in [1.54, 1.807) is 12.1 Å². The molecule has 0 radical (unpaired) electrons. The van der Waals surface area contributed by atoms with Crippen molar-refractivity contribution in [3.8, 4) is 0 Å². The number of ether oxygens (including phenoxy) is 1. The van der Waals surface area contributed by atoms with Gasteiger partial charge in [-0.3, -0.25) is 29.4 Å². The molecule has 2 aromatic rings. The predicted molar refractivity (Wildman–Crippen MR) is 131 cm³/mol. The van der Waals surface area contributed by atoms with Gasteiger partial charge in [0.25, 0.3) is 11.8 Å². The van der Waals surface area contributed by atoms with E-state index in [0.717, 1.165) is 18.7 Å². The van der Waals surface area contributed by atoms with Gasteiger partial charge in [0.15, 0.2) is 6.04 Å². The number of piperidine rings is 1. The average Bonchev–Trinajstić information content (AvgIpc) is 3.23. The highest BCUT2D eigenvalue weighted by Crippen LogP contribution is 2.34. The Bertz CT molecular complexity index is 1290. The minimum absolute atomic E-state index is 0.00880. The van der Waals surface area contributed by atoms with Gasteiger partial charge >= 0.3 is 6.18 Å². The van der Waals surface area contributed by atoms with Crippen LogP contribution < -0.4 is 10.6 Å². The molecule has 0 aliphatic carbocycles. The van der Waals surface area contributed by atoms with Crippen LogP contribution in [0.3, 0.4) is 0 Å². The molecule has 5 rings (SSSR count). The van der Waals surface area contributed by atoms with E-state index in [1.165, 1.54) is 35.2 Å². The molecule has 0 bridgehead atoms. The monoisotopic (exact) mass is 544 g/mol. The molecule has 4 amide bonds. The van der Waals surface area contributed by atoms with E-state index in [9.17, 15) is 32.3 Å². The number of nitrogens with zero attached hydrogens (tertiary/aromatic N) is 2. The van der Waals surface area contributed by atoms with Crippen molar-refractivity contribution >= 4 is 23.6 Å². The third kappa shape index (κ3) is 5.81. The second-order valence-corrected chi connectivity index (χ2v) is 9.85. The van der Waals surface area contributed by atoms with Gasteiger partial charge in [-0.25, -0.2) is 0 Å². The van der Waals surface area contributed by atoms with Crippen LogP contribution in [-0.4, -0.2) is 71.9 Å². The molecule has 2 N–H and O–H groups in total. The third-order valence-electron chi connectivity index (χ3n) is 7.21. The summed E-state index contributed by atoms with van der Waals surface area (Å²) < 4.78 is 47.3. The Morgan fingerprint density at radius 3 is 2.46 bits per heavy atom. The Balaban J connectivity index is 1.29. The van der Waals surface area contributed by atoms with Gasteiger partial charge in [0.05, 0.1) is 13.2 Å². The molecule has 2 fully saturated rings. The fourth-order valence-corrected chi connectivity index (χ4v) is 5.12. The lowest BCUT2D eigenvalue weighted by atomic mass is 10.0. The van der Waals surface area contributed by atoms with Crippen molar-refractivity contribution in [1.82, 2.24) is 20.4 Å². The number of nitrogens with one attached hydrogen (secondary N) is 2. The van der Waals surface area contributed by atoms with Crippen LogP contribution in [0.1, 0.15) is 56.3 Å². The van der Waals surface area contributed by atoms with Gasteiger partial charge in [0.1, 0.15) is 6.04 Å². The number of carbonyl (C=O) groups excluding carboxylic acids is 4. The maximum Gasteiger partial charge on any atom is 0.412 e. The summed E-state index contributed by atoms with van der Waals surface area (Å²) in [5.74, 6) is -2.36. The lowest BCUT2D eigenvalue weighted by molar-refractivity contribution is -0.155. The fourth-order valence-electron chi connectivity index (χ4n) is 5.12. The summed E-state index contributed by atoms with van der Waals surface area (Å²) in [6.07, 6.45) is -4.47. The lowest BCUT2D eigenvalue weighted by Crippen LogP contribution is -2.52. The molecule has 2 unspecified atom stereocenters. The molecule has 0 spiro atoms. The zero-order valence-electron chi connectivity index (χ0n) is 20.9. The molecule has 39 heavy (non-hydrogen) atoms. The van der Waals surface area contributed by atoms with Crippen LogP contribution >= 0.6 is 0 Å². The molecular weight excluding hydrogens is 517 g/mol. The number of carbonyl (C=O) groups is 4. The Labute approximate surface area is 222 Å². The number of morpholine rings is 1. The first-order chi connectivity index (χ1) is 18.6. The van der Waals surface area contributed by atoms with E-state index in [4.69, 9.17) is 4.74 Å². The molecular formula is C27H27F3N4O5. The highest BCUT2D eigenvalue weighted by molar-refractivity contribution is 6.06. The SMILES string of the molecule is O=C1CCC(N2Cc3cc(C(=O)NC(c4ccc(CN5CCOCC5)cc4)C(F)(F)F)ccc3C2=O)C(=O)N1. The second kappa shape index (κ2) is 10.8. The van der Waals surface area contributed by atoms with Crippen molar-refractivity contribution in [2.24, 2.45) is 0 Å². The molecule has 9 nitrogen and oxygen atoms in total. The summed E-state index contributed by atoms with van der Waals surface area (Å²) in [5, 5.41) is 4.30. The summed E-state index contributed by atoms with van der Waals surface area (Å²) >= 11 is 0. The molecule has 2 saturated heterocycles. The van der Waals surface area contributed by atoms with Gasteiger partial charge in [-0.2, -0.15) is 13.2 Å². The van der Waals surface area contributed by atoms with Crippen LogP contribution in [0, 0.1) is 0 Å². The Kier molecular flexibility index (Phi) is 7.41. The van der Waals surface area contributed by atoms with Gasteiger partial charge in [0.2, 0.25) is 11.8 Å². The number of benzene rings is 2. The summed E-state index contributed by atoms with van der Waals surface area (Å²) in [5.41, 5.74) is 1.41. The number of rotatable bonds is 6. The molecule has 2 atom stereocenters. The molecule has 2 aromatic carbocycles. The van der Waals surface area contributed by atoms with Crippen LogP contribution in [0.5, 0.6) is 0 Å². The summed E-state index contributed by atoms with van der Waals surface area (Å²) in [6, 6.07) is 6.97. The first kappa shape index (κ1) is 26.8. The topological polar surface area (TPSA) is 108 Å². The summed E-state index contributed by atoms with van der Waals surface area (Å²) in [6.45, 7) is 3.34. The van der Waals surface area contributed by atoms with Crippen molar-refractivity contribution in [3.63, 3.8) is 0 Å². The van der Waals surface area contributed by atoms with Gasteiger partial charge in [-0.1, -0.05) is 24.3 Å². The normalized spacial score (nSPS) is 20.9. The van der Waals surface area contributed by atoms with E-state index in [1.807, 2.05) is 0 Å². The summed E-state index contributed by atoms with van der Waals surface area (Å²) in [7, 11) is 0. The Hall–Kier alpha value is -3.77. The largest absolute Gasteiger partial charge is 0.412 e. The number of amides is 4.